The second kappa shape index (κ2) is 6.19. The van der Waals surface area contributed by atoms with Gasteiger partial charge in [-0.05, 0) is 49.1 Å². The predicted octanol–water partition coefficient (Wildman–Crippen LogP) is 2.71. The third kappa shape index (κ3) is 4.27. The van der Waals surface area contributed by atoms with E-state index in [-0.39, 0.29) is 32.7 Å². The van der Waals surface area contributed by atoms with Gasteiger partial charge in [-0.25, -0.2) is 4.79 Å². The summed E-state index contributed by atoms with van der Waals surface area (Å²) in [5, 5.41) is 8.48. The summed E-state index contributed by atoms with van der Waals surface area (Å²) in [6.45, 7) is 6.12. The maximum atomic E-state index is 10.3. The van der Waals surface area contributed by atoms with E-state index >= 15 is 0 Å². The standard InChI is InChI=1S/C12H14O2.Y/c1-8-6-11(4-5-12(13)14)7-9(2)10(8)3;/h4-7H,1-3H3,(H,13,14);/b5-4+;. The van der Waals surface area contributed by atoms with Crippen LogP contribution in [0.2, 0.25) is 0 Å². The Bertz CT molecular complexity index is 372. The molecule has 0 amide bonds. The molecule has 1 rings (SSSR count). The van der Waals surface area contributed by atoms with Crippen LogP contribution in [0.15, 0.2) is 18.2 Å². The second-order valence-electron chi connectivity index (χ2n) is 3.45. The molecule has 0 aliphatic carbocycles. The normalized spacial score (nSPS) is 10.1. The first kappa shape index (κ1) is 14.5. The van der Waals surface area contributed by atoms with Crippen LogP contribution in [-0.2, 0) is 37.5 Å². The molecule has 0 heterocycles. The molecule has 1 aromatic carbocycles. The molecule has 0 saturated carbocycles. The zero-order valence-corrected chi connectivity index (χ0v) is 12.1. The predicted molar refractivity (Wildman–Crippen MR) is 57.3 cm³/mol. The molecule has 0 spiro atoms. The van der Waals surface area contributed by atoms with Crippen molar-refractivity contribution < 1.29 is 42.6 Å². The third-order valence-corrected chi connectivity index (χ3v) is 2.37. The number of hydrogen-bond donors (Lipinski definition) is 1. The van der Waals surface area contributed by atoms with Crippen molar-refractivity contribution in [2.24, 2.45) is 0 Å². The topological polar surface area (TPSA) is 37.3 Å². The van der Waals surface area contributed by atoms with Gasteiger partial charge in [-0.15, -0.1) is 0 Å². The molecular formula is C12H14O2Y. The van der Waals surface area contributed by atoms with E-state index < -0.39 is 5.97 Å². The molecule has 0 unspecified atom stereocenters. The third-order valence-electron chi connectivity index (χ3n) is 2.37. The zero-order chi connectivity index (χ0) is 10.7. The van der Waals surface area contributed by atoms with E-state index in [2.05, 4.69) is 6.92 Å². The Morgan fingerprint density at radius 3 is 2.07 bits per heavy atom. The molecule has 1 N–H and O–H groups in total. The Balaban J connectivity index is 0.00000196. The Hall–Kier alpha value is -0.466. The largest absolute Gasteiger partial charge is 0.478 e. The van der Waals surface area contributed by atoms with Gasteiger partial charge in [-0.3, -0.25) is 0 Å². The van der Waals surface area contributed by atoms with Crippen LogP contribution in [0.3, 0.4) is 0 Å². The Kier molecular flexibility index (Phi) is 6.00. The van der Waals surface area contributed by atoms with Gasteiger partial charge in [0.2, 0.25) is 0 Å². The van der Waals surface area contributed by atoms with Crippen LogP contribution in [0.25, 0.3) is 6.08 Å². The zero-order valence-electron chi connectivity index (χ0n) is 9.24. The summed E-state index contributed by atoms with van der Waals surface area (Å²) in [7, 11) is 0. The summed E-state index contributed by atoms with van der Waals surface area (Å²) in [6.07, 6.45) is 2.77. The number of carboxylic acids is 1. The first-order valence-electron chi connectivity index (χ1n) is 4.49. The Morgan fingerprint density at radius 1 is 1.20 bits per heavy atom. The van der Waals surface area contributed by atoms with E-state index in [9.17, 15) is 4.79 Å². The van der Waals surface area contributed by atoms with Gasteiger partial charge >= 0.3 is 5.97 Å². The minimum Gasteiger partial charge on any atom is -0.478 e. The summed E-state index contributed by atoms with van der Waals surface area (Å²) in [4.78, 5) is 10.3. The number of aryl methyl sites for hydroxylation is 2. The Morgan fingerprint density at radius 2 is 1.67 bits per heavy atom. The van der Waals surface area contributed by atoms with Gasteiger partial charge in [0.1, 0.15) is 0 Å². The minimum atomic E-state index is -0.916. The summed E-state index contributed by atoms with van der Waals surface area (Å²) < 4.78 is 0. The van der Waals surface area contributed by atoms with Gasteiger partial charge in [0, 0.05) is 38.8 Å². The van der Waals surface area contributed by atoms with Gasteiger partial charge in [-0.1, -0.05) is 12.1 Å². The quantitative estimate of drug-likeness (QED) is 0.845. The molecular weight excluding hydrogens is 265 g/mol. The number of benzene rings is 1. The van der Waals surface area contributed by atoms with E-state index in [0.717, 1.165) is 11.6 Å². The fraction of sp³-hybridized carbons (Fsp3) is 0.250. The van der Waals surface area contributed by atoms with E-state index in [1.54, 1.807) is 6.08 Å². The van der Waals surface area contributed by atoms with Gasteiger partial charge in [0.25, 0.3) is 0 Å². The molecule has 0 aromatic heterocycles. The van der Waals surface area contributed by atoms with Crippen LogP contribution in [-0.4, -0.2) is 11.1 Å². The number of aliphatic carboxylic acids is 1. The second-order valence-corrected chi connectivity index (χ2v) is 3.45. The van der Waals surface area contributed by atoms with Crippen LogP contribution in [0.5, 0.6) is 0 Å². The first-order valence-corrected chi connectivity index (χ1v) is 4.49. The van der Waals surface area contributed by atoms with Crippen molar-refractivity contribution in [1.82, 2.24) is 0 Å². The molecule has 0 aliphatic rings. The van der Waals surface area contributed by atoms with Crippen molar-refractivity contribution in [2.75, 3.05) is 0 Å². The molecule has 1 aromatic rings. The molecule has 2 nitrogen and oxygen atoms in total. The smallest absolute Gasteiger partial charge is 0.328 e. The number of carboxylic acid groups (broad SMARTS) is 1. The SMILES string of the molecule is Cc1cc(/C=C/C(=O)O)cc(C)c1C.[Y]. The molecule has 0 atom stereocenters. The number of carbonyl (C=O) groups is 1. The van der Waals surface area contributed by atoms with Crippen LogP contribution >= 0.6 is 0 Å². The molecule has 77 valence electrons. The van der Waals surface area contributed by atoms with Crippen molar-refractivity contribution in [3.63, 3.8) is 0 Å². The summed E-state index contributed by atoms with van der Waals surface area (Å²) >= 11 is 0. The van der Waals surface area contributed by atoms with Crippen LogP contribution in [0, 0.1) is 20.8 Å². The van der Waals surface area contributed by atoms with E-state index in [4.69, 9.17) is 5.11 Å². The monoisotopic (exact) mass is 279 g/mol. The molecule has 0 bridgehead atoms. The van der Waals surface area contributed by atoms with E-state index in [1.807, 2.05) is 26.0 Å². The van der Waals surface area contributed by atoms with Crippen molar-refractivity contribution >= 4 is 12.0 Å². The average molecular weight is 279 g/mol. The van der Waals surface area contributed by atoms with Crippen LogP contribution < -0.4 is 0 Å². The molecule has 3 heteroatoms. The maximum Gasteiger partial charge on any atom is 0.328 e. The van der Waals surface area contributed by atoms with Gasteiger partial charge < -0.3 is 5.11 Å². The van der Waals surface area contributed by atoms with Crippen molar-refractivity contribution in [3.8, 4) is 0 Å². The fourth-order valence-electron chi connectivity index (χ4n) is 1.33. The molecule has 15 heavy (non-hydrogen) atoms. The van der Waals surface area contributed by atoms with Crippen LogP contribution in [0.4, 0.5) is 0 Å². The van der Waals surface area contributed by atoms with Crippen molar-refractivity contribution in [3.05, 3.63) is 40.5 Å². The minimum absolute atomic E-state index is 0. The van der Waals surface area contributed by atoms with E-state index in [1.165, 1.54) is 16.7 Å². The summed E-state index contributed by atoms with van der Waals surface area (Å²) in [5.41, 5.74) is 4.58. The molecule has 0 aliphatic heterocycles. The Labute approximate surface area is 115 Å². The molecule has 1 radical (unpaired) electrons. The first-order chi connectivity index (χ1) is 6.50. The van der Waals surface area contributed by atoms with Crippen molar-refractivity contribution in [1.29, 1.82) is 0 Å². The fourth-order valence-corrected chi connectivity index (χ4v) is 1.33. The van der Waals surface area contributed by atoms with Gasteiger partial charge in [0.15, 0.2) is 0 Å². The number of rotatable bonds is 2. The molecule has 0 saturated heterocycles. The maximum absolute atomic E-state index is 10.3. The summed E-state index contributed by atoms with van der Waals surface area (Å²) in [5.74, 6) is -0.916. The van der Waals surface area contributed by atoms with Crippen molar-refractivity contribution in [2.45, 2.75) is 20.8 Å². The van der Waals surface area contributed by atoms with Gasteiger partial charge in [0.05, 0.1) is 0 Å². The van der Waals surface area contributed by atoms with Crippen LogP contribution in [0.1, 0.15) is 22.3 Å². The molecule has 0 fully saturated rings. The average Bonchev–Trinajstić information content (AvgIpc) is 2.10. The van der Waals surface area contributed by atoms with Gasteiger partial charge in [-0.2, -0.15) is 0 Å². The number of hydrogen-bond acceptors (Lipinski definition) is 1. The summed E-state index contributed by atoms with van der Waals surface area (Å²) in [6, 6.07) is 3.98. The van der Waals surface area contributed by atoms with E-state index in [0.29, 0.717) is 0 Å².